The van der Waals surface area contributed by atoms with Crippen LogP contribution in [-0.2, 0) is 19.4 Å². The van der Waals surface area contributed by atoms with Gasteiger partial charge in [0, 0.05) is 5.56 Å². The molecule has 3 rings (SSSR count). The number of nitrogens with two attached hydrogens (primary N) is 1. The molecule has 33 heavy (non-hydrogen) atoms. The van der Waals surface area contributed by atoms with Gasteiger partial charge in [0.15, 0.2) is 0 Å². The van der Waals surface area contributed by atoms with Crippen LogP contribution in [0.15, 0.2) is 83.8 Å². The number of carbonyl (C=O) groups excluding carboxylic acids is 1. The molecule has 0 bridgehead atoms. The van der Waals surface area contributed by atoms with Crippen molar-refractivity contribution in [3.05, 3.63) is 84.4 Å². The molecular formula is C26H25NO5S. The molecule has 3 aromatic carbocycles. The number of carbonyl (C=O) groups is 1. The number of hydrogen-bond donors (Lipinski definition) is 1. The molecule has 0 amide bonds. The highest BCUT2D eigenvalue weighted by Gasteiger charge is 2.49. The lowest BCUT2D eigenvalue weighted by Gasteiger charge is -2.24. The van der Waals surface area contributed by atoms with E-state index in [0.717, 1.165) is 24.0 Å². The van der Waals surface area contributed by atoms with Crippen molar-refractivity contribution in [2.45, 2.75) is 23.1 Å². The van der Waals surface area contributed by atoms with Crippen molar-refractivity contribution in [3.63, 3.8) is 0 Å². The van der Waals surface area contributed by atoms with E-state index in [4.69, 9.17) is 15.2 Å². The van der Waals surface area contributed by atoms with E-state index in [0.29, 0.717) is 12.2 Å². The number of benzene rings is 3. The summed E-state index contributed by atoms with van der Waals surface area (Å²) in [5.41, 5.74) is 8.49. The summed E-state index contributed by atoms with van der Waals surface area (Å²) in [5.74, 6) is 5.20. The van der Waals surface area contributed by atoms with Gasteiger partial charge in [0.2, 0.25) is 14.7 Å². The summed E-state index contributed by atoms with van der Waals surface area (Å²) in [6.07, 6.45) is -0.422. The average Bonchev–Trinajstić information content (AvgIpc) is 2.84. The monoisotopic (exact) mass is 463 g/mol. The maximum absolute atomic E-state index is 13.4. The Morgan fingerprint density at radius 1 is 0.970 bits per heavy atom. The lowest BCUT2D eigenvalue weighted by atomic mass is 10.1. The van der Waals surface area contributed by atoms with Crippen molar-refractivity contribution < 1.29 is 22.7 Å². The normalized spacial score (nSPS) is 12.7. The Kier molecular flexibility index (Phi) is 7.54. The van der Waals surface area contributed by atoms with E-state index in [1.165, 1.54) is 12.1 Å². The lowest BCUT2D eigenvalue weighted by Crippen LogP contribution is -2.55. The Morgan fingerprint density at radius 2 is 1.67 bits per heavy atom. The Balaban J connectivity index is 1.92. The van der Waals surface area contributed by atoms with Gasteiger partial charge < -0.3 is 15.2 Å². The fraction of sp³-hybridized carbons (Fsp3) is 0.192. The van der Waals surface area contributed by atoms with Crippen molar-refractivity contribution in [3.8, 4) is 28.7 Å². The molecule has 0 saturated heterocycles. The molecule has 3 aromatic rings. The van der Waals surface area contributed by atoms with Crippen LogP contribution in [-0.4, -0.2) is 33.0 Å². The van der Waals surface area contributed by atoms with E-state index in [9.17, 15) is 13.2 Å². The largest absolute Gasteiger partial charge is 0.494 e. The minimum absolute atomic E-state index is 0.0957. The molecule has 0 radical (unpaired) electrons. The van der Waals surface area contributed by atoms with E-state index < -0.39 is 27.1 Å². The molecule has 0 aliphatic rings. The molecule has 0 saturated carbocycles. The summed E-state index contributed by atoms with van der Waals surface area (Å²) in [6.45, 7) is 2.44. The first kappa shape index (κ1) is 24.1. The summed E-state index contributed by atoms with van der Waals surface area (Å²) in [6, 6.07) is 22.6. The highest BCUT2D eigenvalue weighted by atomic mass is 32.2. The van der Waals surface area contributed by atoms with Crippen LogP contribution in [0.4, 0.5) is 0 Å². The summed E-state index contributed by atoms with van der Waals surface area (Å²) in [5, 5.41) is 0. The van der Waals surface area contributed by atoms with Crippen molar-refractivity contribution in [2.24, 2.45) is 5.73 Å². The highest BCUT2D eigenvalue weighted by Crippen LogP contribution is 2.29. The number of esters is 1. The van der Waals surface area contributed by atoms with Gasteiger partial charge in [-0.05, 0) is 54.4 Å². The van der Waals surface area contributed by atoms with Gasteiger partial charge in [-0.3, -0.25) is 0 Å². The fourth-order valence-electron chi connectivity index (χ4n) is 3.22. The molecule has 170 valence electrons. The predicted molar refractivity (Wildman–Crippen MR) is 127 cm³/mol. The molecule has 0 aliphatic carbocycles. The summed E-state index contributed by atoms with van der Waals surface area (Å²) in [7, 11) is -3.21. The van der Waals surface area contributed by atoms with Crippen LogP contribution in [0.25, 0.3) is 11.1 Å². The van der Waals surface area contributed by atoms with Gasteiger partial charge >= 0.3 is 5.97 Å². The first-order valence-electron chi connectivity index (χ1n) is 10.3. The quantitative estimate of drug-likeness (QED) is 0.423. The Bertz CT molecular complexity index is 1280. The van der Waals surface area contributed by atoms with E-state index in [1.54, 1.807) is 24.3 Å². The van der Waals surface area contributed by atoms with Crippen LogP contribution < -0.4 is 10.5 Å². The van der Waals surface area contributed by atoms with Crippen molar-refractivity contribution in [1.82, 2.24) is 0 Å². The van der Waals surface area contributed by atoms with Crippen molar-refractivity contribution in [1.29, 1.82) is 0 Å². The number of rotatable bonds is 7. The van der Waals surface area contributed by atoms with Crippen LogP contribution in [0.3, 0.4) is 0 Å². The van der Waals surface area contributed by atoms with E-state index in [-0.39, 0.29) is 4.90 Å². The Hall–Kier alpha value is -3.60. The molecule has 0 aromatic heterocycles. The molecule has 0 fully saturated rings. The lowest BCUT2D eigenvalue weighted by molar-refractivity contribution is -0.143. The van der Waals surface area contributed by atoms with Crippen LogP contribution >= 0.6 is 0 Å². The van der Waals surface area contributed by atoms with Gasteiger partial charge in [-0.2, -0.15) is 0 Å². The SMILES string of the molecule is CCOc1cccc(-c2ccc(S(=O)(=O)C(N)(CC#Cc3ccccc3)C(=O)OC)cc2)c1. The van der Waals surface area contributed by atoms with Gasteiger partial charge in [-0.25, -0.2) is 13.2 Å². The molecule has 1 atom stereocenters. The van der Waals surface area contributed by atoms with Crippen molar-refractivity contribution in [2.75, 3.05) is 13.7 Å². The third-order valence-electron chi connectivity index (χ3n) is 5.01. The van der Waals surface area contributed by atoms with Crippen molar-refractivity contribution >= 4 is 15.8 Å². The molecule has 2 N–H and O–H groups in total. The average molecular weight is 464 g/mol. The van der Waals surface area contributed by atoms with E-state index in [2.05, 4.69) is 11.8 Å². The van der Waals surface area contributed by atoms with Gasteiger partial charge in [0.1, 0.15) is 5.75 Å². The summed E-state index contributed by atoms with van der Waals surface area (Å²) in [4.78, 5) is 10.0. The minimum atomic E-state index is -4.31. The second-order valence-corrected chi connectivity index (χ2v) is 9.42. The molecule has 0 heterocycles. The second-order valence-electron chi connectivity index (χ2n) is 7.21. The Morgan fingerprint density at radius 3 is 2.30 bits per heavy atom. The summed E-state index contributed by atoms with van der Waals surface area (Å²) >= 11 is 0. The molecule has 0 aliphatic heterocycles. The Labute approximate surface area is 194 Å². The zero-order valence-electron chi connectivity index (χ0n) is 18.4. The zero-order chi connectivity index (χ0) is 23.9. The number of ether oxygens (including phenoxy) is 2. The number of sulfone groups is 1. The second kappa shape index (κ2) is 10.3. The standard InChI is InChI=1S/C26H25NO5S/c1-3-32-23-13-7-12-22(19-23)21-14-16-24(17-15-21)33(29,30)26(27,25(28)31-2)18-8-11-20-9-5-4-6-10-20/h4-7,9-10,12-17,19H,3,18,27H2,1-2H3. The molecular weight excluding hydrogens is 438 g/mol. The van der Waals surface area contributed by atoms with Gasteiger partial charge in [-0.1, -0.05) is 54.3 Å². The molecule has 7 heteroatoms. The van der Waals surface area contributed by atoms with Gasteiger partial charge in [0.25, 0.3) is 0 Å². The molecule has 1 unspecified atom stereocenters. The van der Waals surface area contributed by atoms with Crippen LogP contribution in [0, 0.1) is 11.8 Å². The topological polar surface area (TPSA) is 95.7 Å². The maximum atomic E-state index is 13.4. The molecule has 6 nitrogen and oxygen atoms in total. The maximum Gasteiger partial charge on any atom is 0.343 e. The molecule has 0 spiro atoms. The number of methoxy groups -OCH3 is 1. The third-order valence-corrected chi connectivity index (χ3v) is 7.17. The van der Waals surface area contributed by atoms with Gasteiger partial charge in [0.05, 0.1) is 25.0 Å². The minimum Gasteiger partial charge on any atom is -0.494 e. The van der Waals surface area contributed by atoms with Gasteiger partial charge in [-0.15, -0.1) is 0 Å². The fourth-order valence-corrected chi connectivity index (χ4v) is 4.70. The predicted octanol–water partition coefficient (Wildman–Crippen LogP) is 3.80. The first-order chi connectivity index (χ1) is 15.8. The number of hydrogen-bond acceptors (Lipinski definition) is 6. The third kappa shape index (κ3) is 5.25. The van der Waals surface area contributed by atoms with E-state index >= 15 is 0 Å². The highest BCUT2D eigenvalue weighted by molar-refractivity contribution is 7.93. The summed E-state index contributed by atoms with van der Waals surface area (Å²) < 4.78 is 37.0. The van der Waals surface area contributed by atoms with E-state index in [1.807, 2.05) is 49.4 Å². The zero-order valence-corrected chi connectivity index (χ0v) is 19.3. The van der Waals surface area contributed by atoms with Crippen LogP contribution in [0.2, 0.25) is 0 Å². The van der Waals surface area contributed by atoms with Crippen LogP contribution in [0.1, 0.15) is 18.9 Å². The first-order valence-corrected chi connectivity index (χ1v) is 11.8. The van der Waals surface area contributed by atoms with Crippen LogP contribution in [0.5, 0.6) is 5.75 Å². The smallest absolute Gasteiger partial charge is 0.343 e.